The number of nitrogens with zero attached hydrogens (tertiary/aromatic N) is 2. The second-order valence-electron chi connectivity index (χ2n) is 8.32. The average Bonchev–Trinajstić information content (AvgIpc) is 3.22. The Bertz CT molecular complexity index is 1100. The predicted molar refractivity (Wildman–Crippen MR) is 138 cm³/mol. The summed E-state index contributed by atoms with van der Waals surface area (Å²) in [6.45, 7) is 2.02. The quantitative estimate of drug-likeness (QED) is 0.495. The number of carbonyl (C=O) groups excluding carboxylic acids is 2. The maximum absolute atomic E-state index is 12.9. The summed E-state index contributed by atoms with van der Waals surface area (Å²) in [6, 6.07) is 25.7. The number of rotatable bonds is 7. The molecule has 1 saturated heterocycles. The lowest BCUT2D eigenvalue weighted by atomic mass is 9.95. The van der Waals surface area contributed by atoms with E-state index in [0.717, 1.165) is 34.6 Å². The van der Waals surface area contributed by atoms with Crippen LogP contribution in [0.1, 0.15) is 35.8 Å². The third kappa shape index (κ3) is 5.06. The Morgan fingerprint density at radius 3 is 2.30 bits per heavy atom. The zero-order valence-electron chi connectivity index (χ0n) is 19.2. The van der Waals surface area contributed by atoms with Crippen LogP contribution in [-0.2, 0) is 9.59 Å². The first-order valence-corrected chi connectivity index (χ1v) is 12.2. The summed E-state index contributed by atoms with van der Waals surface area (Å²) in [7, 11) is 4.00. The highest BCUT2D eigenvalue weighted by molar-refractivity contribution is 8.00. The van der Waals surface area contributed by atoms with Crippen molar-refractivity contribution < 1.29 is 9.59 Å². The van der Waals surface area contributed by atoms with Gasteiger partial charge in [-0.1, -0.05) is 49.4 Å². The Morgan fingerprint density at radius 1 is 1.03 bits per heavy atom. The molecule has 1 aliphatic rings. The number of amides is 2. The highest BCUT2D eigenvalue weighted by Crippen LogP contribution is 2.42. The number of thioether (sulfide) groups is 1. The van der Waals surface area contributed by atoms with Crippen molar-refractivity contribution in [2.75, 3.05) is 35.0 Å². The molecule has 170 valence electrons. The molecule has 3 aromatic carbocycles. The van der Waals surface area contributed by atoms with Crippen LogP contribution in [-0.4, -0.2) is 31.7 Å². The molecule has 4 rings (SSSR count). The van der Waals surface area contributed by atoms with Gasteiger partial charge in [0.1, 0.15) is 5.37 Å². The molecule has 0 bridgehead atoms. The average molecular weight is 460 g/mol. The number of hydrogen-bond donors (Lipinski definition) is 1. The summed E-state index contributed by atoms with van der Waals surface area (Å²) in [4.78, 5) is 29.4. The van der Waals surface area contributed by atoms with E-state index >= 15 is 0 Å². The van der Waals surface area contributed by atoms with Gasteiger partial charge in [-0.2, -0.15) is 0 Å². The van der Waals surface area contributed by atoms with Gasteiger partial charge in [0.15, 0.2) is 0 Å². The van der Waals surface area contributed by atoms with Crippen molar-refractivity contribution in [1.82, 2.24) is 0 Å². The van der Waals surface area contributed by atoms with E-state index in [1.54, 1.807) is 11.8 Å². The summed E-state index contributed by atoms with van der Waals surface area (Å²) in [5.41, 5.74) is 4.80. The molecule has 5 nitrogen and oxygen atoms in total. The smallest absolute Gasteiger partial charge is 0.238 e. The fourth-order valence-corrected chi connectivity index (χ4v) is 5.26. The topological polar surface area (TPSA) is 52.7 Å². The maximum atomic E-state index is 12.9. The standard InChI is InChI=1S/C27H29N3O2S/c1-4-24(19-8-6-5-7-9-19)26(32)28-21-12-10-20(11-13-21)27-30(25(31)18-33-27)23-16-14-22(15-17-23)29(2)3/h5-17,24,27H,4,18H2,1-3H3,(H,28,32)/t24-,27+/m0/s1. The second-order valence-corrected chi connectivity index (χ2v) is 9.39. The SMILES string of the molecule is CC[C@H](C(=O)Nc1ccc([C@H]2SCC(=O)N2c2ccc(N(C)C)cc2)cc1)c1ccccc1. The van der Waals surface area contributed by atoms with Crippen molar-refractivity contribution in [3.8, 4) is 0 Å². The zero-order valence-corrected chi connectivity index (χ0v) is 20.0. The molecule has 0 radical (unpaired) electrons. The summed E-state index contributed by atoms with van der Waals surface area (Å²) in [5, 5.41) is 2.96. The molecule has 0 spiro atoms. The van der Waals surface area contributed by atoms with E-state index in [0.29, 0.717) is 5.75 Å². The summed E-state index contributed by atoms with van der Waals surface area (Å²) in [5.74, 6) is 0.362. The number of nitrogens with one attached hydrogen (secondary N) is 1. The van der Waals surface area contributed by atoms with Gasteiger partial charge in [-0.05, 0) is 53.9 Å². The van der Waals surface area contributed by atoms with Crippen LogP contribution < -0.4 is 15.1 Å². The molecule has 6 heteroatoms. The van der Waals surface area contributed by atoms with Gasteiger partial charge in [-0.15, -0.1) is 11.8 Å². The minimum absolute atomic E-state index is 0.00974. The van der Waals surface area contributed by atoms with Crippen LogP contribution >= 0.6 is 11.8 Å². The molecule has 1 N–H and O–H groups in total. The summed E-state index contributed by atoms with van der Waals surface area (Å²) >= 11 is 1.62. The Labute approximate surface area is 199 Å². The van der Waals surface area contributed by atoms with Gasteiger partial charge in [0.25, 0.3) is 0 Å². The molecular weight excluding hydrogens is 430 g/mol. The van der Waals surface area contributed by atoms with Crippen LogP contribution in [0.5, 0.6) is 0 Å². The lowest BCUT2D eigenvalue weighted by molar-refractivity contribution is -0.118. The third-order valence-corrected chi connectivity index (χ3v) is 7.11. The van der Waals surface area contributed by atoms with Gasteiger partial charge < -0.3 is 10.2 Å². The molecule has 0 unspecified atom stereocenters. The zero-order chi connectivity index (χ0) is 23.4. The molecule has 0 saturated carbocycles. The first kappa shape index (κ1) is 22.9. The van der Waals surface area contributed by atoms with E-state index in [1.807, 2.05) is 110 Å². The van der Waals surface area contributed by atoms with Crippen LogP contribution in [0.4, 0.5) is 17.1 Å². The lowest BCUT2D eigenvalue weighted by Crippen LogP contribution is -2.27. The fraction of sp³-hybridized carbons (Fsp3) is 0.259. The highest BCUT2D eigenvalue weighted by atomic mass is 32.2. The number of carbonyl (C=O) groups is 2. The Hall–Kier alpha value is -3.25. The lowest BCUT2D eigenvalue weighted by Gasteiger charge is -2.25. The largest absolute Gasteiger partial charge is 0.378 e. The molecular formula is C27H29N3O2S. The van der Waals surface area contributed by atoms with Crippen LogP contribution in [0.2, 0.25) is 0 Å². The first-order valence-electron chi connectivity index (χ1n) is 11.1. The van der Waals surface area contributed by atoms with E-state index in [2.05, 4.69) is 5.32 Å². The highest BCUT2D eigenvalue weighted by Gasteiger charge is 2.34. The van der Waals surface area contributed by atoms with Crippen molar-refractivity contribution in [3.63, 3.8) is 0 Å². The minimum Gasteiger partial charge on any atom is -0.378 e. The molecule has 0 aliphatic carbocycles. The van der Waals surface area contributed by atoms with Crippen molar-refractivity contribution in [2.24, 2.45) is 0 Å². The Balaban J connectivity index is 1.49. The predicted octanol–water partition coefficient (Wildman–Crippen LogP) is 5.66. The molecule has 2 amide bonds. The molecule has 2 atom stereocenters. The Kier molecular flexibility index (Phi) is 7.04. The molecule has 0 aromatic heterocycles. The Morgan fingerprint density at radius 2 is 1.70 bits per heavy atom. The van der Waals surface area contributed by atoms with E-state index in [1.165, 1.54) is 0 Å². The monoisotopic (exact) mass is 459 g/mol. The third-order valence-electron chi connectivity index (χ3n) is 5.90. The molecule has 3 aromatic rings. The number of anilines is 3. The van der Waals surface area contributed by atoms with Gasteiger partial charge in [0.2, 0.25) is 11.8 Å². The van der Waals surface area contributed by atoms with Gasteiger partial charge in [0.05, 0.1) is 11.7 Å². The van der Waals surface area contributed by atoms with Gasteiger partial charge in [0, 0.05) is 31.2 Å². The van der Waals surface area contributed by atoms with Crippen molar-refractivity contribution in [2.45, 2.75) is 24.6 Å². The molecule has 1 heterocycles. The summed E-state index contributed by atoms with van der Waals surface area (Å²) < 4.78 is 0. The summed E-state index contributed by atoms with van der Waals surface area (Å²) in [6.07, 6.45) is 0.732. The van der Waals surface area contributed by atoms with Gasteiger partial charge in [-0.25, -0.2) is 0 Å². The van der Waals surface area contributed by atoms with Gasteiger partial charge in [-0.3, -0.25) is 14.5 Å². The molecule has 1 aliphatic heterocycles. The molecule has 1 fully saturated rings. The minimum atomic E-state index is -0.186. The van der Waals surface area contributed by atoms with Crippen LogP contribution in [0.15, 0.2) is 78.9 Å². The van der Waals surface area contributed by atoms with E-state index in [4.69, 9.17) is 0 Å². The van der Waals surface area contributed by atoms with Crippen LogP contribution in [0.3, 0.4) is 0 Å². The van der Waals surface area contributed by atoms with Crippen molar-refractivity contribution >= 4 is 40.6 Å². The second kappa shape index (κ2) is 10.1. The van der Waals surface area contributed by atoms with E-state index < -0.39 is 0 Å². The normalized spacial score (nSPS) is 16.5. The number of hydrogen-bond acceptors (Lipinski definition) is 4. The maximum Gasteiger partial charge on any atom is 0.238 e. The van der Waals surface area contributed by atoms with E-state index in [-0.39, 0.29) is 23.1 Å². The van der Waals surface area contributed by atoms with Crippen LogP contribution in [0, 0.1) is 0 Å². The van der Waals surface area contributed by atoms with Gasteiger partial charge >= 0.3 is 0 Å². The first-order chi connectivity index (χ1) is 16.0. The molecule has 33 heavy (non-hydrogen) atoms. The fourth-order valence-electron chi connectivity index (χ4n) is 4.08. The van der Waals surface area contributed by atoms with Crippen molar-refractivity contribution in [3.05, 3.63) is 90.0 Å². The number of benzene rings is 3. The van der Waals surface area contributed by atoms with E-state index in [9.17, 15) is 9.59 Å². The van der Waals surface area contributed by atoms with Crippen LogP contribution in [0.25, 0.3) is 0 Å². The van der Waals surface area contributed by atoms with Crippen molar-refractivity contribution in [1.29, 1.82) is 0 Å².